The lowest BCUT2D eigenvalue weighted by Gasteiger charge is -2.04. The summed E-state index contributed by atoms with van der Waals surface area (Å²) in [5.74, 6) is 0.312. The second-order valence-corrected chi connectivity index (χ2v) is 5.97. The normalized spacial score (nSPS) is 10.9. The van der Waals surface area contributed by atoms with Crippen molar-refractivity contribution in [2.75, 3.05) is 6.54 Å². The number of amides is 1. The van der Waals surface area contributed by atoms with E-state index in [0.29, 0.717) is 18.2 Å². The predicted octanol–water partition coefficient (Wildman–Crippen LogP) is 2.83. The predicted molar refractivity (Wildman–Crippen MR) is 73.8 cm³/mol. The average Bonchev–Trinajstić information content (AvgIpc) is 2.93. The molecule has 0 bridgehead atoms. The quantitative estimate of drug-likeness (QED) is 0.891. The fourth-order valence-corrected chi connectivity index (χ4v) is 2.36. The van der Waals surface area contributed by atoms with Gasteiger partial charge in [-0.2, -0.15) is 5.10 Å². The Kier molecular flexibility index (Phi) is 3.81. The van der Waals surface area contributed by atoms with E-state index in [0.717, 1.165) is 10.6 Å². The molecule has 96 valence electrons. The van der Waals surface area contributed by atoms with E-state index in [4.69, 9.17) is 0 Å². The van der Waals surface area contributed by atoms with Gasteiger partial charge in [-0.3, -0.25) is 9.89 Å². The van der Waals surface area contributed by atoms with Crippen molar-refractivity contribution in [1.29, 1.82) is 0 Å². The van der Waals surface area contributed by atoms with E-state index < -0.39 is 0 Å². The van der Waals surface area contributed by atoms with Crippen molar-refractivity contribution in [3.05, 3.63) is 28.8 Å². The van der Waals surface area contributed by atoms with Crippen molar-refractivity contribution in [3.8, 4) is 10.6 Å². The number of hydrogen-bond donors (Lipinski definition) is 2. The molecule has 18 heavy (non-hydrogen) atoms. The number of carbonyl (C=O) groups is 1. The van der Waals surface area contributed by atoms with E-state index in [9.17, 15) is 4.79 Å². The number of nitrogens with zero attached hydrogens (tertiary/aromatic N) is 1. The Labute approximate surface area is 110 Å². The van der Waals surface area contributed by atoms with Crippen LogP contribution in [0, 0.1) is 12.8 Å². The first-order chi connectivity index (χ1) is 8.56. The van der Waals surface area contributed by atoms with Crippen molar-refractivity contribution in [2.24, 2.45) is 5.92 Å². The molecule has 4 nitrogen and oxygen atoms in total. The highest BCUT2D eigenvalue weighted by Gasteiger charge is 2.12. The lowest BCUT2D eigenvalue weighted by atomic mass is 10.2. The molecule has 0 aliphatic heterocycles. The Balaban J connectivity index is 2.08. The fourth-order valence-electron chi connectivity index (χ4n) is 1.53. The number of thiophene rings is 1. The number of H-pyrrole nitrogens is 1. The molecule has 2 aromatic rings. The first-order valence-corrected chi connectivity index (χ1v) is 6.78. The summed E-state index contributed by atoms with van der Waals surface area (Å²) in [6.07, 6.45) is 0. The highest BCUT2D eigenvalue weighted by atomic mass is 32.1. The topological polar surface area (TPSA) is 57.8 Å². The molecule has 0 aromatic carbocycles. The number of aryl methyl sites for hydroxylation is 1. The van der Waals surface area contributed by atoms with Crippen molar-refractivity contribution in [3.63, 3.8) is 0 Å². The number of nitrogens with one attached hydrogen (secondary N) is 2. The van der Waals surface area contributed by atoms with E-state index in [1.807, 2.05) is 6.07 Å². The molecule has 2 rings (SSSR count). The van der Waals surface area contributed by atoms with Gasteiger partial charge in [-0.15, -0.1) is 11.3 Å². The summed E-state index contributed by atoms with van der Waals surface area (Å²) in [5, 5.41) is 9.80. The molecule has 2 N–H and O–H groups in total. The van der Waals surface area contributed by atoms with Gasteiger partial charge in [-0.05, 0) is 31.0 Å². The highest BCUT2D eigenvalue weighted by molar-refractivity contribution is 7.15. The Bertz CT molecular complexity index is 542. The minimum absolute atomic E-state index is 0.125. The van der Waals surface area contributed by atoms with Crippen LogP contribution >= 0.6 is 11.3 Å². The van der Waals surface area contributed by atoms with Crippen molar-refractivity contribution in [2.45, 2.75) is 20.8 Å². The third-order valence-electron chi connectivity index (χ3n) is 2.49. The van der Waals surface area contributed by atoms with E-state index in [2.05, 4.69) is 42.4 Å². The Morgan fingerprint density at radius 2 is 2.28 bits per heavy atom. The van der Waals surface area contributed by atoms with Gasteiger partial charge in [0.15, 0.2) is 5.69 Å². The van der Waals surface area contributed by atoms with Crippen molar-refractivity contribution < 1.29 is 4.79 Å². The molecule has 2 aromatic heterocycles. The summed E-state index contributed by atoms with van der Waals surface area (Å²) in [5.41, 5.74) is 1.33. The van der Waals surface area contributed by atoms with Gasteiger partial charge in [0.1, 0.15) is 0 Å². The molecule has 2 heterocycles. The highest BCUT2D eigenvalue weighted by Crippen LogP contribution is 2.26. The van der Waals surface area contributed by atoms with Gasteiger partial charge < -0.3 is 5.32 Å². The Morgan fingerprint density at radius 1 is 1.50 bits per heavy atom. The average molecular weight is 263 g/mol. The fraction of sp³-hybridized carbons (Fsp3) is 0.385. The minimum Gasteiger partial charge on any atom is -0.350 e. The number of aromatic amines is 1. The van der Waals surface area contributed by atoms with Crippen LogP contribution in [0.1, 0.15) is 29.2 Å². The van der Waals surface area contributed by atoms with Crippen LogP contribution in [0.2, 0.25) is 0 Å². The molecule has 1 amide bonds. The second-order valence-electron chi connectivity index (χ2n) is 4.68. The maximum absolute atomic E-state index is 11.8. The maximum atomic E-state index is 11.8. The molecular weight excluding hydrogens is 246 g/mol. The second kappa shape index (κ2) is 5.35. The number of hydrogen-bond acceptors (Lipinski definition) is 3. The smallest absolute Gasteiger partial charge is 0.271 e. The van der Waals surface area contributed by atoms with Crippen molar-refractivity contribution in [1.82, 2.24) is 15.5 Å². The monoisotopic (exact) mass is 263 g/mol. The molecule has 0 radical (unpaired) electrons. The van der Waals surface area contributed by atoms with Gasteiger partial charge in [0.05, 0.1) is 10.6 Å². The third-order valence-corrected chi connectivity index (χ3v) is 3.52. The molecular formula is C13H17N3OS. The van der Waals surface area contributed by atoms with Gasteiger partial charge in [0, 0.05) is 11.4 Å². The molecule has 0 saturated heterocycles. The van der Waals surface area contributed by atoms with Gasteiger partial charge in [-0.1, -0.05) is 13.8 Å². The molecule has 0 spiro atoms. The lowest BCUT2D eigenvalue weighted by molar-refractivity contribution is 0.0944. The molecule has 0 saturated carbocycles. The molecule has 5 heteroatoms. The minimum atomic E-state index is -0.125. The van der Waals surface area contributed by atoms with Gasteiger partial charge in [0.25, 0.3) is 5.91 Å². The first kappa shape index (κ1) is 12.8. The van der Waals surface area contributed by atoms with Crippen LogP contribution in [0.3, 0.4) is 0 Å². The van der Waals surface area contributed by atoms with Crippen LogP contribution in [-0.4, -0.2) is 22.6 Å². The standard InChI is InChI=1S/C13H17N3OS/c1-8(2)7-14-13(17)11-6-10(15-16-11)12-5-4-9(3)18-12/h4-6,8H,7H2,1-3H3,(H,14,17)(H,15,16). The summed E-state index contributed by atoms with van der Waals surface area (Å²) in [6, 6.07) is 5.88. The van der Waals surface area contributed by atoms with Crippen LogP contribution in [0.5, 0.6) is 0 Å². The van der Waals surface area contributed by atoms with Crippen LogP contribution < -0.4 is 5.32 Å². The van der Waals surface area contributed by atoms with Crippen LogP contribution in [0.4, 0.5) is 0 Å². The SMILES string of the molecule is Cc1ccc(-c2cc(C(=O)NCC(C)C)n[nH]2)s1. The maximum Gasteiger partial charge on any atom is 0.271 e. The van der Waals surface area contributed by atoms with E-state index >= 15 is 0 Å². The summed E-state index contributed by atoms with van der Waals surface area (Å²) in [4.78, 5) is 14.1. The Morgan fingerprint density at radius 3 is 2.89 bits per heavy atom. The first-order valence-electron chi connectivity index (χ1n) is 5.96. The van der Waals surface area contributed by atoms with E-state index in [1.54, 1.807) is 17.4 Å². The van der Waals surface area contributed by atoms with Gasteiger partial charge in [-0.25, -0.2) is 0 Å². The van der Waals surface area contributed by atoms with Gasteiger partial charge in [0.2, 0.25) is 0 Å². The summed E-state index contributed by atoms with van der Waals surface area (Å²) in [6.45, 7) is 6.84. The number of aromatic nitrogens is 2. The molecule has 0 unspecified atom stereocenters. The van der Waals surface area contributed by atoms with Gasteiger partial charge >= 0.3 is 0 Å². The molecule has 0 fully saturated rings. The van der Waals surface area contributed by atoms with Crippen LogP contribution in [0.15, 0.2) is 18.2 Å². The van der Waals surface area contributed by atoms with Crippen LogP contribution in [0.25, 0.3) is 10.6 Å². The largest absolute Gasteiger partial charge is 0.350 e. The van der Waals surface area contributed by atoms with E-state index in [-0.39, 0.29) is 5.91 Å². The van der Waals surface area contributed by atoms with Crippen LogP contribution in [-0.2, 0) is 0 Å². The number of carbonyl (C=O) groups excluding carboxylic acids is 1. The third kappa shape index (κ3) is 2.98. The zero-order valence-electron chi connectivity index (χ0n) is 10.8. The molecule has 0 aliphatic carbocycles. The molecule has 0 aliphatic rings. The lowest BCUT2D eigenvalue weighted by Crippen LogP contribution is -2.27. The Hall–Kier alpha value is -1.62. The summed E-state index contributed by atoms with van der Waals surface area (Å²) < 4.78 is 0. The summed E-state index contributed by atoms with van der Waals surface area (Å²) in [7, 11) is 0. The number of rotatable bonds is 4. The summed E-state index contributed by atoms with van der Waals surface area (Å²) >= 11 is 1.68. The zero-order valence-corrected chi connectivity index (χ0v) is 11.6. The molecule has 0 atom stereocenters. The van der Waals surface area contributed by atoms with Crippen molar-refractivity contribution >= 4 is 17.2 Å². The zero-order chi connectivity index (χ0) is 13.1. The van der Waals surface area contributed by atoms with E-state index in [1.165, 1.54) is 4.88 Å².